The van der Waals surface area contributed by atoms with E-state index in [1.165, 1.54) is 11.8 Å². The third-order valence-electron chi connectivity index (χ3n) is 4.17. The van der Waals surface area contributed by atoms with Crippen molar-refractivity contribution in [2.75, 3.05) is 17.6 Å². The highest BCUT2D eigenvalue weighted by Crippen LogP contribution is 2.27. The van der Waals surface area contributed by atoms with Crippen molar-refractivity contribution in [3.05, 3.63) is 58.3 Å². The van der Waals surface area contributed by atoms with Crippen LogP contribution in [0.2, 0.25) is 0 Å². The molecule has 0 fully saturated rings. The molecular weight excluding hydrogens is 440 g/mol. The van der Waals surface area contributed by atoms with E-state index in [1.54, 1.807) is 0 Å². The number of rotatable bonds is 7. The summed E-state index contributed by atoms with van der Waals surface area (Å²) in [6, 6.07) is 13.4. The summed E-state index contributed by atoms with van der Waals surface area (Å²) in [6.07, 6.45) is 0. The average Bonchev–Trinajstić information content (AvgIpc) is 3.11. The quantitative estimate of drug-likeness (QED) is 0.493. The van der Waals surface area contributed by atoms with Gasteiger partial charge in [-0.25, -0.2) is 4.98 Å². The lowest BCUT2D eigenvalue weighted by atomic mass is 10.2. The molecule has 28 heavy (non-hydrogen) atoms. The summed E-state index contributed by atoms with van der Waals surface area (Å²) in [5.74, 6) is 0.648. The summed E-state index contributed by atoms with van der Waals surface area (Å²) in [4.78, 5) is 31.9. The van der Waals surface area contributed by atoms with Gasteiger partial charge in [0.25, 0.3) is 0 Å². The molecule has 2 aromatic carbocycles. The molecule has 8 heteroatoms. The third kappa shape index (κ3) is 5.36. The Labute approximate surface area is 176 Å². The van der Waals surface area contributed by atoms with Crippen molar-refractivity contribution in [1.82, 2.24) is 15.3 Å². The van der Waals surface area contributed by atoms with Crippen LogP contribution in [0, 0.1) is 6.92 Å². The molecule has 1 heterocycles. The number of H-pyrrole nitrogens is 1. The molecule has 3 rings (SSSR count). The number of aromatic nitrogens is 2. The molecule has 146 valence electrons. The van der Waals surface area contributed by atoms with Gasteiger partial charge in [0.05, 0.1) is 28.6 Å². The van der Waals surface area contributed by atoms with Crippen molar-refractivity contribution >= 4 is 56.2 Å². The number of carbonyl (C=O) groups excluding carboxylic acids is 2. The van der Waals surface area contributed by atoms with E-state index in [0.717, 1.165) is 32.6 Å². The maximum absolute atomic E-state index is 12.1. The first-order valence-corrected chi connectivity index (χ1v) is 10.7. The molecule has 1 unspecified atom stereocenters. The van der Waals surface area contributed by atoms with E-state index in [1.807, 2.05) is 56.3 Å². The molecule has 0 radical (unpaired) electrons. The lowest BCUT2D eigenvalue weighted by Crippen LogP contribution is -2.34. The smallest absolute Gasteiger partial charge is 0.243 e. The number of thioether (sulfide) groups is 1. The Morgan fingerprint density at radius 1 is 1.21 bits per heavy atom. The molecule has 0 aliphatic rings. The number of nitrogens with zero attached hydrogens (tertiary/aromatic N) is 1. The molecule has 0 saturated carbocycles. The second-order valence-corrected chi connectivity index (χ2v) is 8.62. The summed E-state index contributed by atoms with van der Waals surface area (Å²) in [5.41, 5.74) is 3.57. The van der Waals surface area contributed by atoms with Gasteiger partial charge in [0.15, 0.2) is 0 Å². The van der Waals surface area contributed by atoms with Gasteiger partial charge in [0.1, 0.15) is 5.82 Å². The van der Waals surface area contributed by atoms with Crippen molar-refractivity contribution in [2.24, 2.45) is 0 Å². The lowest BCUT2D eigenvalue weighted by Gasteiger charge is -2.11. The number of amides is 2. The molecule has 3 aromatic rings. The van der Waals surface area contributed by atoms with Crippen LogP contribution in [0.1, 0.15) is 23.6 Å². The molecule has 1 aromatic heterocycles. The van der Waals surface area contributed by atoms with E-state index in [2.05, 4.69) is 36.5 Å². The maximum Gasteiger partial charge on any atom is 0.243 e. The molecular formula is C20H21BrN4O2S. The van der Waals surface area contributed by atoms with Crippen molar-refractivity contribution in [3.63, 3.8) is 0 Å². The summed E-state index contributed by atoms with van der Waals surface area (Å²) < 4.78 is 0.951. The Hall–Kier alpha value is -2.32. The second-order valence-electron chi connectivity index (χ2n) is 6.38. The Morgan fingerprint density at radius 3 is 2.75 bits per heavy atom. The number of para-hydroxylation sites is 2. The first kappa shape index (κ1) is 20.4. The zero-order valence-corrected chi connectivity index (χ0v) is 18.0. The number of aryl methyl sites for hydroxylation is 1. The fraction of sp³-hybridized carbons (Fsp3) is 0.250. The first-order chi connectivity index (χ1) is 13.4. The van der Waals surface area contributed by atoms with Gasteiger partial charge >= 0.3 is 0 Å². The standard InChI is InChI=1S/C20H21BrN4O2S/c1-12-9-14(21)7-8-15(12)23-18(26)10-22-19(27)11-28-13(2)20-24-16-5-3-4-6-17(16)25-20/h3-9,13H,10-11H2,1-2H3,(H,22,27)(H,23,26)(H,24,25). The average molecular weight is 461 g/mol. The van der Waals surface area contributed by atoms with E-state index in [0.29, 0.717) is 0 Å². The summed E-state index contributed by atoms with van der Waals surface area (Å²) in [7, 11) is 0. The van der Waals surface area contributed by atoms with Crippen molar-refractivity contribution in [3.8, 4) is 0 Å². The Bertz CT molecular complexity index is 972. The summed E-state index contributed by atoms with van der Waals surface area (Å²) in [5, 5.41) is 5.50. The number of anilines is 1. The molecule has 0 spiro atoms. The fourth-order valence-corrected chi connectivity index (χ4v) is 3.88. The number of fused-ring (bicyclic) bond motifs is 1. The van der Waals surface area contributed by atoms with Gasteiger partial charge in [-0.1, -0.05) is 28.1 Å². The van der Waals surface area contributed by atoms with E-state index < -0.39 is 0 Å². The SMILES string of the molecule is Cc1cc(Br)ccc1NC(=O)CNC(=O)CSC(C)c1nc2ccccc2[nH]1. The highest BCUT2D eigenvalue weighted by Gasteiger charge is 2.14. The Balaban J connectivity index is 1.44. The van der Waals surface area contributed by atoms with Crippen LogP contribution in [0.4, 0.5) is 5.69 Å². The van der Waals surface area contributed by atoms with Crippen molar-refractivity contribution in [1.29, 1.82) is 0 Å². The monoisotopic (exact) mass is 460 g/mol. The van der Waals surface area contributed by atoms with Crippen LogP contribution in [0.15, 0.2) is 46.9 Å². The zero-order chi connectivity index (χ0) is 20.1. The van der Waals surface area contributed by atoms with Crippen LogP contribution in [-0.4, -0.2) is 34.1 Å². The van der Waals surface area contributed by atoms with Crippen LogP contribution < -0.4 is 10.6 Å². The topological polar surface area (TPSA) is 86.9 Å². The molecule has 0 aliphatic heterocycles. The predicted molar refractivity (Wildman–Crippen MR) is 117 cm³/mol. The summed E-state index contributed by atoms with van der Waals surface area (Å²) >= 11 is 4.86. The molecule has 3 N–H and O–H groups in total. The minimum absolute atomic E-state index is 0.0393. The highest BCUT2D eigenvalue weighted by molar-refractivity contribution is 9.10. The van der Waals surface area contributed by atoms with Crippen LogP contribution in [0.25, 0.3) is 11.0 Å². The highest BCUT2D eigenvalue weighted by atomic mass is 79.9. The largest absolute Gasteiger partial charge is 0.346 e. The number of benzene rings is 2. The fourth-order valence-electron chi connectivity index (χ4n) is 2.64. The second kappa shape index (κ2) is 9.25. The number of nitrogens with one attached hydrogen (secondary N) is 3. The van der Waals surface area contributed by atoms with Gasteiger partial charge in [-0.3, -0.25) is 9.59 Å². The van der Waals surface area contributed by atoms with Gasteiger partial charge in [-0.2, -0.15) is 0 Å². The molecule has 0 bridgehead atoms. The van der Waals surface area contributed by atoms with Crippen molar-refractivity contribution < 1.29 is 9.59 Å². The van der Waals surface area contributed by atoms with Gasteiger partial charge in [0, 0.05) is 10.2 Å². The van der Waals surface area contributed by atoms with E-state index >= 15 is 0 Å². The minimum atomic E-state index is -0.255. The van der Waals surface area contributed by atoms with Crippen LogP contribution >= 0.6 is 27.7 Å². The van der Waals surface area contributed by atoms with Crippen LogP contribution in [-0.2, 0) is 9.59 Å². The summed E-state index contributed by atoms with van der Waals surface area (Å²) in [6.45, 7) is 3.85. The van der Waals surface area contributed by atoms with Crippen LogP contribution in [0.5, 0.6) is 0 Å². The van der Waals surface area contributed by atoms with Gasteiger partial charge in [-0.15, -0.1) is 11.8 Å². The first-order valence-electron chi connectivity index (χ1n) is 8.81. The van der Waals surface area contributed by atoms with E-state index in [-0.39, 0.29) is 29.4 Å². The Morgan fingerprint density at radius 2 is 2.00 bits per heavy atom. The number of hydrogen-bond donors (Lipinski definition) is 3. The normalized spacial score (nSPS) is 12.0. The van der Waals surface area contributed by atoms with E-state index in [9.17, 15) is 9.59 Å². The number of halogens is 1. The molecule has 6 nitrogen and oxygen atoms in total. The number of carbonyl (C=O) groups is 2. The Kier molecular flexibility index (Phi) is 6.74. The molecule has 0 saturated heterocycles. The number of aromatic amines is 1. The lowest BCUT2D eigenvalue weighted by molar-refractivity contribution is -0.122. The third-order valence-corrected chi connectivity index (χ3v) is 5.81. The number of imidazole rings is 1. The predicted octanol–water partition coefficient (Wildman–Crippen LogP) is 4.18. The van der Waals surface area contributed by atoms with Gasteiger partial charge < -0.3 is 15.6 Å². The van der Waals surface area contributed by atoms with Gasteiger partial charge in [0.2, 0.25) is 11.8 Å². The van der Waals surface area contributed by atoms with Gasteiger partial charge in [-0.05, 0) is 49.7 Å². The molecule has 2 amide bonds. The van der Waals surface area contributed by atoms with Crippen molar-refractivity contribution in [2.45, 2.75) is 19.1 Å². The minimum Gasteiger partial charge on any atom is -0.346 e. The number of hydrogen-bond acceptors (Lipinski definition) is 4. The maximum atomic E-state index is 12.1. The van der Waals surface area contributed by atoms with E-state index in [4.69, 9.17) is 0 Å². The van der Waals surface area contributed by atoms with Crippen LogP contribution in [0.3, 0.4) is 0 Å². The molecule has 0 aliphatic carbocycles. The molecule has 1 atom stereocenters. The zero-order valence-electron chi connectivity index (χ0n) is 15.6.